The van der Waals surface area contributed by atoms with Crippen LogP contribution in [0.15, 0.2) is 48.5 Å². The van der Waals surface area contributed by atoms with E-state index in [0.717, 1.165) is 5.56 Å². The van der Waals surface area contributed by atoms with E-state index in [4.69, 9.17) is 9.47 Å². The van der Waals surface area contributed by atoms with Crippen molar-refractivity contribution in [2.24, 2.45) is 0 Å². The van der Waals surface area contributed by atoms with Gasteiger partial charge in [0.05, 0.1) is 13.0 Å². The first-order valence-electron chi connectivity index (χ1n) is 8.66. The van der Waals surface area contributed by atoms with Crippen LogP contribution < -0.4 is 10.1 Å². The molecule has 0 aliphatic carbocycles. The first kappa shape index (κ1) is 20.2. The fourth-order valence-corrected chi connectivity index (χ4v) is 2.30. The largest absolute Gasteiger partial charge is 0.493 e. The molecule has 1 atom stereocenters. The average Bonchev–Trinajstić information content (AvgIpc) is 2.62. The molecule has 142 valence electrons. The van der Waals surface area contributed by atoms with Crippen LogP contribution in [0.4, 0.5) is 5.69 Å². The van der Waals surface area contributed by atoms with Crippen LogP contribution in [-0.2, 0) is 14.3 Å². The van der Waals surface area contributed by atoms with Crippen LogP contribution in [0.1, 0.15) is 36.2 Å². The predicted octanol–water partition coefficient (Wildman–Crippen LogP) is 3.54. The quantitative estimate of drug-likeness (QED) is 0.568. The highest BCUT2D eigenvalue weighted by Crippen LogP contribution is 2.13. The molecule has 27 heavy (non-hydrogen) atoms. The standard InChI is InChI=1S/C21H23NO5/c1-14-5-4-6-19(13-14)26-12-11-20(24)27-16(3)21(25)22-18-9-7-17(8-10-18)15(2)23/h4-10,13,16H,11-12H2,1-3H3,(H,22,25)/t16-/m0/s1. The summed E-state index contributed by atoms with van der Waals surface area (Å²) in [7, 11) is 0. The number of hydrogen-bond acceptors (Lipinski definition) is 5. The van der Waals surface area contributed by atoms with E-state index in [9.17, 15) is 14.4 Å². The number of carbonyl (C=O) groups excluding carboxylic acids is 3. The highest BCUT2D eigenvalue weighted by Gasteiger charge is 2.18. The number of rotatable bonds is 8. The zero-order chi connectivity index (χ0) is 19.8. The second kappa shape index (κ2) is 9.52. The van der Waals surface area contributed by atoms with E-state index in [2.05, 4.69) is 5.32 Å². The molecule has 1 amide bonds. The van der Waals surface area contributed by atoms with Crippen LogP contribution in [0.5, 0.6) is 5.75 Å². The van der Waals surface area contributed by atoms with E-state index >= 15 is 0 Å². The Morgan fingerprint density at radius 2 is 1.78 bits per heavy atom. The van der Waals surface area contributed by atoms with E-state index in [1.165, 1.54) is 13.8 Å². The molecule has 0 saturated carbocycles. The van der Waals surface area contributed by atoms with Crippen molar-refractivity contribution >= 4 is 23.3 Å². The smallest absolute Gasteiger partial charge is 0.310 e. The first-order chi connectivity index (χ1) is 12.8. The zero-order valence-electron chi connectivity index (χ0n) is 15.7. The van der Waals surface area contributed by atoms with Gasteiger partial charge in [0.15, 0.2) is 11.9 Å². The number of anilines is 1. The molecule has 2 aromatic rings. The van der Waals surface area contributed by atoms with E-state index in [1.807, 2.05) is 31.2 Å². The molecule has 0 fully saturated rings. The van der Waals surface area contributed by atoms with Crippen LogP contribution in [0.25, 0.3) is 0 Å². The molecule has 0 spiro atoms. The molecule has 0 radical (unpaired) electrons. The molecule has 0 aliphatic heterocycles. The topological polar surface area (TPSA) is 81.7 Å². The summed E-state index contributed by atoms with van der Waals surface area (Å²) in [5.41, 5.74) is 2.15. The van der Waals surface area contributed by atoms with Crippen molar-refractivity contribution in [2.45, 2.75) is 33.3 Å². The van der Waals surface area contributed by atoms with Crippen LogP contribution in [0.2, 0.25) is 0 Å². The maximum atomic E-state index is 12.1. The first-order valence-corrected chi connectivity index (χ1v) is 8.66. The van der Waals surface area contributed by atoms with Gasteiger partial charge in [0.1, 0.15) is 5.75 Å². The van der Waals surface area contributed by atoms with Crippen molar-refractivity contribution in [1.82, 2.24) is 0 Å². The van der Waals surface area contributed by atoms with Gasteiger partial charge in [-0.25, -0.2) is 0 Å². The second-order valence-electron chi connectivity index (χ2n) is 6.17. The highest BCUT2D eigenvalue weighted by atomic mass is 16.5. The summed E-state index contributed by atoms with van der Waals surface area (Å²) in [5, 5.41) is 2.64. The van der Waals surface area contributed by atoms with Crippen molar-refractivity contribution in [2.75, 3.05) is 11.9 Å². The summed E-state index contributed by atoms with van der Waals surface area (Å²) < 4.78 is 10.6. The Balaban J connectivity index is 1.75. The molecule has 0 saturated heterocycles. The van der Waals surface area contributed by atoms with Gasteiger partial charge in [-0.1, -0.05) is 12.1 Å². The van der Waals surface area contributed by atoms with Gasteiger partial charge >= 0.3 is 5.97 Å². The maximum absolute atomic E-state index is 12.1. The minimum Gasteiger partial charge on any atom is -0.493 e. The van der Waals surface area contributed by atoms with E-state index < -0.39 is 18.0 Å². The number of Topliss-reactive ketones (excluding diaryl/α,β-unsaturated/α-hetero) is 1. The summed E-state index contributed by atoms with van der Waals surface area (Å²) >= 11 is 0. The predicted molar refractivity (Wildman–Crippen MR) is 102 cm³/mol. The molecule has 2 rings (SSSR count). The number of ketones is 1. The fourth-order valence-electron chi connectivity index (χ4n) is 2.30. The van der Waals surface area contributed by atoms with E-state index in [0.29, 0.717) is 17.0 Å². The Labute approximate surface area is 158 Å². The molecule has 6 heteroatoms. The molecule has 1 N–H and O–H groups in total. The van der Waals surface area contributed by atoms with E-state index in [1.54, 1.807) is 24.3 Å². The third kappa shape index (κ3) is 6.58. The number of nitrogens with one attached hydrogen (secondary N) is 1. The summed E-state index contributed by atoms with van der Waals surface area (Å²) in [6.07, 6.45) is -0.900. The van der Waals surface area contributed by atoms with Gasteiger partial charge in [-0.05, 0) is 62.7 Å². The third-order valence-electron chi connectivity index (χ3n) is 3.80. The lowest BCUT2D eigenvalue weighted by molar-refractivity contribution is -0.153. The van der Waals surface area contributed by atoms with Crippen LogP contribution >= 0.6 is 0 Å². The molecule has 2 aromatic carbocycles. The van der Waals surface area contributed by atoms with Crippen molar-refractivity contribution in [3.05, 3.63) is 59.7 Å². The van der Waals surface area contributed by atoms with Crippen molar-refractivity contribution in [1.29, 1.82) is 0 Å². The Kier molecular flexibility index (Phi) is 7.11. The molecular weight excluding hydrogens is 346 g/mol. The number of ether oxygens (including phenoxy) is 2. The molecule has 0 aromatic heterocycles. The monoisotopic (exact) mass is 369 g/mol. The zero-order valence-corrected chi connectivity index (χ0v) is 15.7. The molecule has 6 nitrogen and oxygen atoms in total. The number of aryl methyl sites for hydroxylation is 1. The van der Waals surface area contributed by atoms with Gasteiger partial charge in [-0.15, -0.1) is 0 Å². The normalized spacial score (nSPS) is 11.4. The SMILES string of the molecule is CC(=O)c1ccc(NC(=O)[C@H](C)OC(=O)CCOc2cccc(C)c2)cc1. The highest BCUT2D eigenvalue weighted by molar-refractivity contribution is 5.97. The molecule has 0 bridgehead atoms. The minimum atomic E-state index is -0.941. The lowest BCUT2D eigenvalue weighted by Crippen LogP contribution is -2.30. The summed E-state index contributed by atoms with van der Waals surface area (Å²) in [6.45, 7) is 5.09. The summed E-state index contributed by atoms with van der Waals surface area (Å²) in [5.74, 6) is -0.332. The van der Waals surface area contributed by atoms with Crippen molar-refractivity contribution in [3.8, 4) is 5.75 Å². The number of benzene rings is 2. The van der Waals surface area contributed by atoms with Crippen molar-refractivity contribution < 1.29 is 23.9 Å². The Morgan fingerprint density at radius 3 is 2.41 bits per heavy atom. The van der Waals surface area contributed by atoms with Crippen LogP contribution in [0.3, 0.4) is 0 Å². The Hall–Kier alpha value is -3.15. The van der Waals surface area contributed by atoms with Gasteiger partial charge in [0.2, 0.25) is 0 Å². The third-order valence-corrected chi connectivity index (χ3v) is 3.80. The second-order valence-corrected chi connectivity index (χ2v) is 6.17. The van der Waals surface area contributed by atoms with Crippen molar-refractivity contribution in [3.63, 3.8) is 0 Å². The fraction of sp³-hybridized carbons (Fsp3) is 0.286. The average molecular weight is 369 g/mol. The number of hydrogen-bond donors (Lipinski definition) is 1. The van der Waals surface area contributed by atoms with Crippen LogP contribution in [0, 0.1) is 6.92 Å². The van der Waals surface area contributed by atoms with Crippen LogP contribution in [-0.4, -0.2) is 30.4 Å². The Morgan fingerprint density at radius 1 is 1.07 bits per heavy atom. The van der Waals surface area contributed by atoms with Gasteiger partial charge in [-0.3, -0.25) is 14.4 Å². The molecule has 0 heterocycles. The minimum absolute atomic E-state index is 0.0405. The van der Waals surface area contributed by atoms with Gasteiger partial charge in [0, 0.05) is 11.3 Å². The lowest BCUT2D eigenvalue weighted by atomic mass is 10.1. The molecular formula is C21H23NO5. The number of amides is 1. The lowest BCUT2D eigenvalue weighted by Gasteiger charge is -2.14. The number of carbonyl (C=O) groups is 3. The summed E-state index contributed by atoms with van der Waals surface area (Å²) in [6, 6.07) is 14.0. The Bertz CT molecular complexity index is 814. The van der Waals surface area contributed by atoms with E-state index in [-0.39, 0.29) is 18.8 Å². The van der Waals surface area contributed by atoms with Gasteiger partial charge in [-0.2, -0.15) is 0 Å². The van der Waals surface area contributed by atoms with Gasteiger partial charge < -0.3 is 14.8 Å². The summed E-state index contributed by atoms with van der Waals surface area (Å²) in [4.78, 5) is 35.2. The number of esters is 1. The van der Waals surface area contributed by atoms with Gasteiger partial charge in [0.25, 0.3) is 5.91 Å². The maximum Gasteiger partial charge on any atom is 0.310 e. The molecule has 0 unspecified atom stereocenters. The molecule has 0 aliphatic rings.